The third kappa shape index (κ3) is 8.71. The van der Waals surface area contributed by atoms with E-state index < -0.39 is 0 Å². The van der Waals surface area contributed by atoms with Gasteiger partial charge in [-0.05, 0) is 37.6 Å². The summed E-state index contributed by atoms with van der Waals surface area (Å²) in [7, 11) is 0. The minimum Gasteiger partial charge on any atom is -0.356 e. The molecule has 0 fully saturated rings. The Balaban J connectivity index is 0.00000784. The second-order valence-corrected chi connectivity index (χ2v) is 7.93. The normalized spacial score (nSPS) is 17.8. The summed E-state index contributed by atoms with van der Waals surface area (Å²) in [5, 5.41) is 3.20. The van der Waals surface area contributed by atoms with Gasteiger partial charge >= 0.3 is 0 Å². The first-order chi connectivity index (χ1) is 13.2. The second-order valence-electron chi connectivity index (χ2n) is 7.93. The van der Waals surface area contributed by atoms with E-state index in [-0.39, 0.29) is 5.41 Å². The molecule has 161 valence electrons. The molecule has 0 atom stereocenters. The average molecular weight is 627 g/mol. The van der Waals surface area contributed by atoms with Crippen LogP contribution in [0.1, 0.15) is 47.5 Å². The van der Waals surface area contributed by atoms with Gasteiger partial charge in [-0.15, -0.1) is 12.5 Å². The number of rotatable bonds is 9. The molecule has 0 unspecified atom stereocenters. The van der Waals surface area contributed by atoms with Gasteiger partial charge in [0, 0.05) is 11.4 Å². The maximum atomic E-state index is 4.03. The molecular weight excluding hydrogens is 590 g/mol. The Bertz CT molecular complexity index is 779. The smallest absolute Gasteiger partial charge is 0.0377 e. The fourth-order valence-electron chi connectivity index (χ4n) is 3.24. The van der Waals surface area contributed by atoms with E-state index in [1.54, 1.807) is 12.2 Å². The van der Waals surface area contributed by atoms with Gasteiger partial charge in [0.05, 0.1) is 0 Å². The number of hydrogen-bond donors (Lipinski definition) is 1. The van der Waals surface area contributed by atoms with Crippen molar-refractivity contribution in [1.82, 2.24) is 5.32 Å². The van der Waals surface area contributed by atoms with Crippen LogP contribution in [0.5, 0.6) is 0 Å². The molecule has 1 N–H and O–H groups in total. The van der Waals surface area contributed by atoms with E-state index in [4.69, 9.17) is 0 Å². The van der Waals surface area contributed by atoms with Crippen LogP contribution in [0.3, 0.4) is 0 Å². The summed E-state index contributed by atoms with van der Waals surface area (Å²) >= 11 is 0. The molecule has 0 aromatic carbocycles. The second kappa shape index (κ2) is 11.9. The van der Waals surface area contributed by atoms with E-state index in [0.717, 1.165) is 17.0 Å². The van der Waals surface area contributed by atoms with Gasteiger partial charge in [0.1, 0.15) is 0 Å². The van der Waals surface area contributed by atoms with E-state index >= 15 is 0 Å². The van der Waals surface area contributed by atoms with Crippen LogP contribution >= 0.6 is 0 Å². The first-order valence-corrected chi connectivity index (χ1v) is 9.86. The van der Waals surface area contributed by atoms with Crippen LogP contribution in [0.25, 0.3) is 0 Å². The maximum absolute atomic E-state index is 4.03. The van der Waals surface area contributed by atoms with Crippen LogP contribution in [0.2, 0.25) is 0 Å². The molecule has 29 heavy (non-hydrogen) atoms. The average Bonchev–Trinajstić information content (AvgIpc) is 2.60. The Morgan fingerprint density at radius 3 is 2.38 bits per heavy atom. The predicted octanol–water partition coefficient (Wildman–Crippen LogP) is 7.69. The largest absolute Gasteiger partial charge is 0.356 e. The molecule has 0 saturated heterocycles. The SMILES string of the molecule is C=C/C=C(\C=C)NC(=C)/C=C(C)/C=C/C=C(C)/C=C/C1=C(C)[CH-]CCC1(C)C.[Es]. The van der Waals surface area contributed by atoms with Gasteiger partial charge in [0.15, 0.2) is 0 Å². The van der Waals surface area contributed by atoms with Crippen molar-refractivity contribution in [1.29, 1.82) is 0 Å². The van der Waals surface area contributed by atoms with Crippen LogP contribution in [-0.4, -0.2) is 0 Å². The van der Waals surface area contributed by atoms with E-state index in [1.165, 1.54) is 29.6 Å². The van der Waals surface area contributed by atoms with Crippen molar-refractivity contribution >= 4 is 0 Å². The zero-order chi connectivity index (χ0) is 21.2. The van der Waals surface area contributed by atoms with Crippen LogP contribution in [0.4, 0.5) is 0 Å². The van der Waals surface area contributed by atoms with E-state index in [2.05, 4.69) is 96.5 Å². The number of hydrogen-bond acceptors (Lipinski definition) is 1. The van der Waals surface area contributed by atoms with Gasteiger partial charge in [0.2, 0.25) is 0 Å². The minimum atomic E-state index is 0. The van der Waals surface area contributed by atoms with Gasteiger partial charge in [-0.3, -0.25) is 0 Å². The van der Waals surface area contributed by atoms with Crippen molar-refractivity contribution in [2.75, 3.05) is 0 Å². The molecule has 1 aliphatic rings. The fourth-order valence-corrected chi connectivity index (χ4v) is 3.24. The Morgan fingerprint density at radius 1 is 1.10 bits per heavy atom. The van der Waals surface area contributed by atoms with Gasteiger partial charge in [-0.2, -0.15) is 5.57 Å². The van der Waals surface area contributed by atoms with Gasteiger partial charge < -0.3 is 5.32 Å². The summed E-state index contributed by atoms with van der Waals surface area (Å²) in [5.74, 6) is 0. The molecule has 1 aliphatic carbocycles. The molecule has 0 spiro atoms. The van der Waals surface area contributed by atoms with Crippen molar-refractivity contribution < 1.29 is 0 Å². The van der Waals surface area contributed by atoms with Crippen LogP contribution in [0, 0.1) is 11.8 Å². The van der Waals surface area contributed by atoms with Crippen LogP contribution in [-0.2, 0) is 0 Å². The molecule has 1 rings (SSSR count). The van der Waals surface area contributed by atoms with Gasteiger partial charge in [-0.25, -0.2) is 12.0 Å². The van der Waals surface area contributed by atoms with Crippen molar-refractivity contribution in [2.45, 2.75) is 47.5 Å². The summed E-state index contributed by atoms with van der Waals surface area (Å²) in [5.41, 5.74) is 7.14. The van der Waals surface area contributed by atoms with Crippen LogP contribution < -0.4 is 5.32 Å². The molecule has 0 heterocycles. The quantitative estimate of drug-likeness (QED) is 0.205. The summed E-state index contributed by atoms with van der Waals surface area (Å²) in [6.45, 7) is 22.6. The number of allylic oxidation sites excluding steroid dienone is 13. The van der Waals surface area contributed by atoms with E-state index in [1.807, 2.05) is 12.2 Å². The summed E-state index contributed by atoms with van der Waals surface area (Å²) < 4.78 is 0. The molecule has 0 saturated carbocycles. The zero-order valence-electron chi connectivity index (χ0n) is 18.6. The molecule has 0 aliphatic heterocycles. The maximum Gasteiger partial charge on any atom is 0.0377 e. The Morgan fingerprint density at radius 2 is 1.79 bits per heavy atom. The van der Waals surface area contributed by atoms with Gasteiger partial charge in [-0.1, -0.05) is 88.3 Å². The molecule has 1 radical (unpaired) electrons. The summed E-state index contributed by atoms with van der Waals surface area (Å²) in [6, 6.07) is 0. The molecule has 2 heteroatoms. The van der Waals surface area contributed by atoms with E-state index in [0.29, 0.717) is 0 Å². The molecule has 1 nitrogen and oxygen atoms in total. The first-order valence-electron chi connectivity index (χ1n) is 9.86. The third-order valence-electron chi connectivity index (χ3n) is 4.83. The van der Waals surface area contributed by atoms with Gasteiger partial charge in [0.25, 0.3) is 0 Å². The predicted molar refractivity (Wildman–Crippen MR) is 127 cm³/mol. The zero-order valence-corrected chi connectivity index (χ0v) is 21.1. The van der Waals surface area contributed by atoms with Crippen molar-refractivity contribution in [3.8, 4) is 0 Å². The standard InChI is InChI=1S/C27H36N.Es/c1-9-13-25(10-2)28-24(6)20-22(4)15-11-14-21(3)17-18-26-23(5)16-12-19-27(26,7)8;/h9-11,13-18,20,28H,1-2,6,12,19H2,3-5,7-8H3;/q-1;/b15-11+,18-17+,21-14+,22-20+,25-13+;. The summed E-state index contributed by atoms with van der Waals surface area (Å²) in [4.78, 5) is 0. The summed E-state index contributed by atoms with van der Waals surface area (Å²) in [6.07, 6.45) is 22.8. The van der Waals surface area contributed by atoms with Crippen LogP contribution in [0.15, 0.2) is 108 Å². The Hall–Kier alpha value is -3.67. The van der Waals surface area contributed by atoms with Crippen molar-refractivity contribution in [3.05, 3.63) is 115 Å². The first kappa shape index (κ1) is 25.3. The van der Waals surface area contributed by atoms with Crippen molar-refractivity contribution in [3.63, 3.8) is 0 Å². The van der Waals surface area contributed by atoms with E-state index in [9.17, 15) is 0 Å². The molecule has 0 aromatic heterocycles. The monoisotopic (exact) mass is 626 g/mol. The molecular formula is C27H36EsN-. The Labute approximate surface area is 173 Å². The molecule has 0 bridgehead atoms. The minimum absolute atomic E-state index is 0. The molecule has 0 aromatic rings. The Kier molecular flexibility index (Phi) is 10.4. The third-order valence-corrected chi connectivity index (χ3v) is 4.83. The fraction of sp³-hybridized carbons (Fsp3) is 0.296. The van der Waals surface area contributed by atoms with Crippen molar-refractivity contribution in [2.24, 2.45) is 5.41 Å². The topological polar surface area (TPSA) is 12.0 Å². The number of nitrogens with one attached hydrogen (secondary N) is 1. The molecule has 0 amide bonds.